The predicted molar refractivity (Wildman–Crippen MR) is 124 cm³/mol. The number of carboxylic acids is 1. The van der Waals surface area contributed by atoms with Crippen LogP contribution < -0.4 is 4.72 Å². The molecule has 0 amide bonds. The van der Waals surface area contributed by atoms with Gasteiger partial charge in [0.25, 0.3) is 0 Å². The van der Waals surface area contributed by atoms with Crippen LogP contribution in [0.2, 0.25) is 0 Å². The molecule has 0 aromatic heterocycles. The van der Waals surface area contributed by atoms with Crippen LogP contribution in [0.15, 0.2) is 42.5 Å². The second-order valence-corrected chi connectivity index (χ2v) is 11.8. The minimum atomic E-state index is -3.33. The van der Waals surface area contributed by atoms with Crippen LogP contribution in [-0.4, -0.2) is 31.3 Å². The van der Waals surface area contributed by atoms with Crippen LogP contribution in [0.3, 0.4) is 0 Å². The number of fused-ring (bicyclic) bond motifs is 2. The molecule has 2 N–H and O–H groups in total. The van der Waals surface area contributed by atoms with Crippen molar-refractivity contribution in [2.24, 2.45) is 23.2 Å². The Morgan fingerprint density at radius 2 is 1.90 bits per heavy atom. The van der Waals surface area contributed by atoms with Gasteiger partial charge in [0, 0.05) is 12.5 Å². The molecule has 3 aliphatic carbocycles. The van der Waals surface area contributed by atoms with Crippen LogP contribution in [0, 0.1) is 23.2 Å². The maximum Gasteiger partial charge on any atom is 0.303 e. The van der Waals surface area contributed by atoms with Crippen LogP contribution in [-0.2, 0) is 21.2 Å². The lowest BCUT2D eigenvalue weighted by atomic mass is 9.45. The molecule has 0 radical (unpaired) electrons. The average Bonchev–Trinajstić information content (AvgIpc) is 2.71. The molecule has 1 aromatic carbocycles. The first-order valence-electron chi connectivity index (χ1n) is 11.6. The molecule has 4 rings (SSSR count). The van der Waals surface area contributed by atoms with Crippen molar-refractivity contribution in [3.63, 3.8) is 0 Å². The number of rotatable bonds is 12. The predicted octanol–water partition coefficient (Wildman–Crippen LogP) is 4.79. The van der Waals surface area contributed by atoms with E-state index in [1.807, 2.05) is 30.3 Å². The molecule has 3 saturated carbocycles. The van der Waals surface area contributed by atoms with Crippen LogP contribution in [0.25, 0.3) is 0 Å². The Morgan fingerprint density at radius 1 is 1.16 bits per heavy atom. The number of sulfonamides is 1. The van der Waals surface area contributed by atoms with E-state index in [9.17, 15) is 13.2 Å². The van der Waals surface area contributed by atoms with E-state index >= 15 is 0 Å². The number of carbonyl (C=O) groups is 1. The van der Waals surface area contributed by atoms with Gasteiger partial charge < -0.3 is 5.11 Å². The Morgan fingerprint density at radius 3 is 2.58 bits per heavy atom. The number of aliphatic carboxylic acids is 1. The van der Waals surface area contributed by atoms with Crippen molar-refractivity contribution >= 4 is 16.0 Å². The van der Waals surface area contributed by atoms with Gasteiger partial charge in [0.1, 0.15) is 0 Å². The molecule has 5 nitrogen and oxygen atoms in total. The van der Waals surface area contributed by atoms with Crippen molar-refractivity contribution in [3.8, 4) is 0 Å². The highest BCUT2D eigenvalue weighted by Gasteiger charge is 2.57. The zero-order chi connectivity index (χ0) is 22.5. The van der Waals surface area contributed by atoms with Gasteiger partial charge in [0.2, 0.25) is 10.0 Å². The third-order valence-electron chi connectivity index (χ3n) is 7.48. The van der Waals surface area contributed by atoms with E-state index in [-0.39, 0.29) is 23.6 Å². The van der Waals surface area contributed by atoms with Gasteiger partial charge in [-0.1, -0.05) is 56.3 Å². The van der Waals surface area contributed by atoms with E-state index in [1.165, 1.54) is 5.56 Å². The summed E-state index contributed by atoms with van der Waals surface area (Å²) >= 11 is 0. The minimum absolute atomic E-state index is 0.00889. The van der Waals surface area contributed by atoms with Crippen LogP contribution in [0.5, 0.6) is 0 Å². The normalized spacial score (nSPS) is 27.2. The Balaban J connectivity index is 1.55. The largest absolute Gasteiger partial charge is 0.481 e. The van der Waals surface area contributed by atoms with E-state index in [1.54, 1.807) is 0 Å². The summed E-state index contributed by atoms with van der Waals surface area (Å²) in [6, 6.07) is 10.0. The molecule has 3 fully saturated rings. The lowest BCUT2D eigenvalue weighted by Gasteiger charge is -2.62. The monoisotopic (exact) mass is 447 g/mol. The van der Waals surface area contributed by atoms with Gasteiger partial charge in [-0.25, -0.2) is 13.1 Å². The number of hydrogen-bond donors (Lipinski definition) is 2. The summed E-state index contributed by atoms with van der Waals surface area (Å²) in [5, 5.41) is 8.74. The average molecular weight is 448 g/mol. The van der Waals surface area contributed by atoms with Crippen molar-refractivity contribution in [1.82, 2.24) is 4.72 Å². The lowest BCUT2D eigenvalue weighted by molar-refractivity contribution is -0.137. The summed E-state index contributed by atoms with van der Waals surface area (Å²) in [5.41, 5.74) is 1.36. The summed E-state index contributed by atoms with van der Waals surface area (Å²) in [6.07, 6.45) is 10.2. The molecule has 6 heteroatoms. The molecule has 1 aromatic rings. The molecule has 0 heterocycles. The topological polar surface area (TPSA) is 83.5 Å². The van der Waals surface area contributed by atoms with Crippen LogP contribution in [0.1, 0.15) is 64.4 Å². The highest BCUT2D eigenvalue weighted by atomic mass is 32.2. The third-order valence-corrected chi connectivity index (χ3v) is 8.94. The van der Waals surface area contributed by atoms with E-state index in [0.717, 1.165) is 32.1 Å². The van der Waals surface area contributed by atoms with Gasteiger partial charge in [0.05, 0.1) is 5.75 Å². The smallest absolute Gasteiger partial charge is 0.303 e. The number of carboxylic acid groups (broad SMARTS) is 1. The summed E-state index contributed by atoms with van der Waals surface area (Å²) in [7, 11) is -3.33. The first kappa shape index (κ1) is 24.0. The summed E-state index contributed by atoms with van der Waals surface area (Å²) in [4.78, 5) is 10.6. The van der Waals surface area contributed by atoms with E-state index < -0.39 is 16.0 Å². The zero-order valence-corrected chi connectivity index (χ0v) is 19.6. The quantitative estimate of drug-likeness (QED) is 0.356. The second kappa shape index (κ2) is 10.3. The van der Waals surface area contributed by atoms with Crippen LogP contribution >= 0.6 is 0 Å². The lowest BCUT2D eigenvalue weighted by Crippen LogP contribution is -2.63. The van der Waals surface area contributed by atoms with Crippen molar-refractivity contribution in [2.45, 2.75) is 71.3 Å². The SMILES string of the molecule is CC1(C)C2CC(CC=CCCCC(=O)O)C(NS(=O)(=O)CCCc3ccccc3)C1C2. The van der Waals surface area contributed by atoms with Gasteiger partial charge in [0.15, 0.2) is 0 Å². The molecule has 31 heavy (non-hydrogen) atoms. The summed E-state index contributed by atoms with van der Waals surface area (Å²) < 4.78 is 28.9. The fraction of sp³-hybridized carbons (Fsp3) is 0.640. The van der Waals surface area contributed by atoms with Crippen molar-refractivity contribution < 1.29 is 18.3 Å². The highest BCUT2D eigenvalue weighted by molar-refractivity contribution is 7.89. The molecule has 2 bridgehead atoms. The maximum absolute atomic E-state index is 12.9. The first-order valence-corrected chi connectivity index (χ1v) is 13.2. The number of benzene rings is 1. The number of allylic oxidation sites excluding steroid dienone is 2. The molecule has 4 atom stereocenters. The molecular weight excluding hydrogens is 410 g/mol. The Kier molecular flexibility index (Phi) is 7.98. The second-order valence-electron chi connectivity index (χ2n) is 9.90. The van der Waals surface area contributed by atoms with E-state index in [4.69, 9.17) is 5.11 Å². The number of aryl methyl sites for hydroxylation is 1. The highest BCUT2D eigenvalue weighted by Crippen LogP contribution is 2.61. The van der Waals surface area contributed by atoms with Crippen LogP contribution in [0.4, 0.5) is 0 Å². The molecule has 4 unspecified atom stereocenters. The number of unbranched alkanes of at least 4 members (excludes halogenated alkanes) is 1. The van der Waals surface area contributed by atoms with E-state index in [0.29, 0.717) is 30.6 Å². The fourth-order valence-corrected chi connectivity index (χ4v) is 6.88. The Labute approximate surface area is 187 Å². The third kappa shape index (κ3) is 6.42. The summed E-state index contributed by atoms with van der Waals surface area (Å²) in [5.74, 6) is 0.774. The fourth-order valence-electron chi connectivity index (χ4n) is 5.46. The van der Waals surface area contributed by atoms with Crippen molar-refractivity contribution in [2.75, 3.05) is 5.75 Å². The standard InChI is InChI=1S/C25H37NO4S/c1-25(2)21-17-20(14-8-3-4-9-15-23(27)28)24(22(25)18-21)26-31(29,30)16-10-13-19-11-6-5-7-12-19/h3,5-8,11-12,20-22,24,26H,4,9-10,13-18H2,1-2H3,(H,27,28). The van der Waals surface area contributed by atoms with Gasteiger partial charge in [-0.3, -0.25) is 4.79 Å². The molecule has 3 aliphatic rings. The molecule has 172 valence electrons. The number of nitrogens with one attached hydrogen (secondary N) is 1. The van der Waals surface area contributed by atoms with Crippen molar-refractivity contribution in [3.05, 3.63) is 48.0 Å². The molecular formula is C25H37NO4S. The zero-order valence-electron chi connectivity index (χ0n) is 18.8. The summed E-state index contributed by atoms with van der Waals surface area (Å²) in [6.45, 7) is 4.56. The molecule has 0 aliphatic heterocycles. The Bertz CT molecular complexity index is 863. The van der Waals surface area contributed by atoms with Crippen molar-refractivity contribution in [1.29, 1.82) is 0 Å². The maximum atomic E-state index is 12.9. The van der Waals surface area contributed by atoms with Gasteiger partial charge >= 0.3 is 5.97 Å². The first-order chi connectivity index (χ1) is 14.7. The Hall–Kier alpha value is -1.66. The van der Waals surface area contributed by atoms with Gasteiger partial charge in [-0.15, -0.1) is 0 Å². The molecule has 0 saturated heterocycles. The molecule has 0 spiro atoms. The van der Waals surface area contributed by atoms with Gasteiger partial charge in [-0.2, -0.15) is 0 Å². The number of hydrogen-bond acceptors (Lipinski definition) is 3. The van der Waals surface area contributed by atoms with Gasteiger partial charge in [-0.05, 0) is 73.7 Å². The minimum Gasteiger partial charge on any atom is -0.481 e. The van der Waals surface area contributed by atoms with E-state index in [2.05, 4.69) is 30.7 Å².